The summed E-state index contributed by atoms with van der Waals surface area (Å²) in [5.74, 6) is 0.279. The molecule has 4 nitrogen and oxygen atoms in total. The van der Waals surface area contributed by atoms with Crippen molar-refractivity contribution in [3.8, 4) is 0 Å². The zero-order chi connectivity index (χ0) is 19.5. The Labute approximate surface area is 168 Å². The van der Waals surface area contributed by atoms with Crippen molar-refractivity contribution in [3.05, 3.63) is 98.9 Å². The van der Waals surface area contributed by atoms with Crippen molar-refractivity contribution in [3.63, 3.8) is 0 Å². The van der Waals surface area contributed by atoms with E-state index < -0.39 is 0 Å². The fourth-order valence-electron chi connectivity index (χ4n) is 3.96. The predicted octanol–water partition coefficient (Wildman–Crippen LogP) is 5.03. The SMILES string of the molecule is O=C(c1ccccc1)c1ccc(=O)n(C2CCC(c3cccc(Cl)c3)CC2)n1. The van der Waals surface area contributed by atoms with Crippen LogP contribution in [0.5, 0.6) is 0 Å². The third kappa shape index (κ3) is 3.92. The Bertz CT molecular complexity index is 1040. The smallest absolute Gasteiger partial charge is 0.267 e. The third-order valence-electron chi connectivity index (χ3n) is 5.46. The Morgan fingerprint density at radius 1 is 0.929 bits per heavy atom. The van der Waals surface area contributed by atoms with E-state index in [4.69, 9.17) is 11.6 Å². The Morgan fingerprint density at radius 3 is 2.39 bits per heavy atom. The standard InChI is InChI=1S/C23H21ClN2O2/c24-19-8-4-7-18(15-19)16-9-11-20(12-10-16)26-22(27)14-13-21(25-26)23(28)17-5-2-1-3-6-17/h1-8,13-16,20H,9-12H2. The lowest BCUT2D eigenvalue weighted by Gasteiger charge is -2.29. The number of hydrogen-bond donors (Lipinski definition) is 0. The van der Waals surface area contributed by atoms with Gasteiger partial charge in [0.25, 0.3) is 5.56 Å². The van der Waals surface area contributed by atoms with Crippen molar-refractivity contribution in [2.75, 3.05) is 0 Å². The number of hydrogen-bond acceptors (Lipinski definition) is 3. The quantitative estimate of drug-likeness (QED) is 0.585. The van der Waals surface area contributed by atoms with Gasteiger partial charge in [-0.15, -0.1) is 0 Å². The molecule has 1 aliphatic rings. The van der Waals surface area contributed by atoms with Crippen LogP contribution in [0, 0.1) is 0 Å². The van der Waals surface area contributed by atoms with Crippen molar-refractivity contribution in [1.82, 2.24) is 9.78 Å². The zero-order valence-electron chi connectivity index (χ0n) is 15.4. The summed E-state index contributed by atoms with van der Waals surface area (Å²) in [6, 6.07) is 20.0. The molecule has 1 aromatic heterocycles. The average Bonchev–Trinajstić information content (AvgIpc) is 2.74. The molecule has 0 radical (unpaired) electrons. The maximum absolute atomic E-state index is 12.7. The normalized spacial score (nSPS) is 19.3. The van der Waals surface area contributed by atoms with Crippen LogP contribution in [0.1, 0.15) is 59.3 Å². The summed E-state index contributed by atoms with van der Waals surface area (Å²) in [5.41, 5.74) is 1.97. The number of carbonyl (C=O) groups excluding carboxylic acids is 1. The largest absolute Gasteiger partial charge is 0.287 e. The Morgan fingerprint density at radius 2 is 1.68 bits per heavy atom. The Balaban J connectivity index is 1.52. The highest BCUT2D eigenvalue weighted by molar-refractivity contribution is 6.30. The van der Waals surface area contributed by atoms with E-state index in [0.717, 1.165) is 30.7 Å². The van der Waals surface area contributed by atoms with E-state index >= 15 is 0 Å². The first kappa shape index (κ1) is 18.6. The van der Waals surface area contributed by atoms with Gasteiger partial charge in [-0.1, -0.05) is 54.1 Å². The lowest BCUT2D eigenvalue weighted by atomic mass is 9.82. The van der Waals surface area contributed by atoms with Crippen LogP contribution >= 0.6 is 11.6 Å². The van der Waals surface area contributed by atoms with E-state index in [9.17, 15) is 9.59 Å². The third-order valence-corrected chi connectivity index (χ3v) is 5.69. The summed E-state index contributed by atoms with van der Waals surface area (Å²) in [5, 5.41) is 5.17. The fraction of sp³-hybridized carbons (Fsp3) is 0.261. The van der Waals surface area contributed by atoms with E-state index in [1.165, 1.54) is 22.4 Å². The molecule has 1 fully saturated rings. The molecule has 0 spiro atoms. The van der Waals surface area contributed by atoms with Crippen LogP contribution < -0.4 is 5.56 Å². The molecule has 0 saturated heterocycles. The molecule has 28 heavy (non-hydrogen) atoms. The van der Waals surface area contributed by atoms with Crippen LogP contribution in [-0.2, 0) is 0 Å². The van der Waals surface area contributed by atoms with Gasteiger partial charge in [-0.25, -0.2) is 4.68 Å². The van der Waals surface area contributed by atoms with Gasteiger partial charge in [-0.2, -0.15) is 5.10 Å². The number of benzene rings is 2. The topological polar surface area (TPSA) is 52.0 Å². The van der Waals surface area contributed by atoms with Crippen LogP contribution in [0.2, 0.25) is 5.02 Å². The van der Waals surface area contributed by atoms with Crippen molar-refractivity contribution < 1.29 is 4.79 Å². The monoisotopic (exact) mass is 392 g/mol. The van der Waals surface area contributed by atoms with E-state index in [1.807, 2.05) is 36.4 Å². The summed E-state index contributed by atoms with van der Waals surface area (Å²) >= 11 is 6.12. The average molecular weight is 393 g/mol. The minimum absolute atomic E-state index is 0.0199. The molecule has 3 aromatic rings. The minimum Gasteiger partial charge on any atom is -0.287 e. The number of ketones is 1. The van der Waals surface area contributed by atoms with Gasteiger partial charge >= 0.3 is 0 Å². The molecule has 0 unspecified atom stereocenters. The number of aromatic nitrogens is 2. The molecule has 0 aliphatic heterocycles. The van der Waals surface area contributed by atoms with Crippen LogP contribution in [0.25, 0.3) is 0 Å². The van der Waals surface area contributed by atoms with E-state index in [2.05, 4.69) is 11.2 Å². The van der Waals surface area contributed by atoms with Crippen LogP contribution in [-0.4, -0.2) is 15.6 Å². The molecule has 4 rings (SSSR count). The maximum atomic E-state index is 12.7. The van der Waals surface area contributed by atoms with Crippen molar-refractivity contribution in [2.24, 2.45) is 0 Å². The lowest BCUT2D eigenvalue weighted by Crippen LogP contribution is -2.30. The van der Waals surface area contributed by atoms with E-state index in [0.29, 0.717) is 17.2 Å². The van der Waals surface area contributed by atoms with Crippen molar-refractivity contribution >= 4 is 17.4 Å². The van der Waals surface area contributed by atoms with Gasteiger partial charge in [-0.05, 0) is 55.4 Å². The van der Waals surface area contributed by atoms with Crippen LogP contribution in [0.15, 0.2) is 71.5 Å². The summed E-state index contributed by atoms with van der Waals surface area (Å²) in [6.07, 6.45) is 3.64. The summed E-state index contributed by atoms with van der Waals surface area (Å²) in [6.45, 7) is 0. The molecule has 0 amide bonds. The number of carbonyl (C=O) groups is 1. The highest BCUT2D eigenvalue weighted by atomic mass is 35.5. The van der Waals surface area contributed by atoms with E-state index in [-0.39, 0.29) is 17.4 Å². The van der Waals surface area contributed by atoms with Crippen LogP contribution in [0.4, 0.5) is 0 Å². The van der Waals surface area contributed by atoms with Gasteiger partial charge in [0.15, 0.2) is 0 Å². The first-order chi connectivity index (χ1) is 13.6. The fourth-order valence-corrected chi connectivity index (χ4v) is 4.16. The zero-order valence-corrected chi connectivity index (χ0v) is 16.2. The first-order valence-electron chi connectivity index (χ1n) is 9.57. The second-order valence-corrected chi connectivity index (χ2v) is 7.69. The number of halogens is 1. The number of nitrogens with zero attached hydrogens (tertiary/aromatic N) is 2. The maximum Gasteiger partial charge on any atom is 0.267 e. The molecule has 5 heteroatoms. The molecule has 0 atom stereocenters. The van der Waals surface area contributed by atoms with Gasteiger partial charge in [0.2, 0.25) is 5.78 Å². The van der Waals surface area contributed by atoms with Crippen LogP contribution in [0.3, 0.4) is 0 Å². The van der Waals surface area contributed by atoms with Gasteiger partial charge < -0.3 is 0 Å². The molecule has 1 aliphatic carbocycles. The summed E-state index contributed by atoms with van der Waals surface area (Å²) in [7, 11) is 0. The first-order valence-corrected chi connectivity index (χ1v) is 9.95. The highest BCUT2D eigenvalue weighted by Gasteiger charge is 2.25. The summed E-state index contributed by atoms with van der Waals surface area (Å²) in [4.78, 5) is 25.1. The molecule has 0 bridgehead atoms. The number of rotatable bonds is 4. The van der Waals surface area contributed by atoms with Gasteiger partial charge in [0.05, 0.1) is 6.04 Å². The molecular weight excluding hydrogens is 372 g/mol. The van der Waals surface area contributed by atoms with Gasteiger partial charge in [0.1, 0.15) is 5.69 Å². The summed E-state index contributed by atoms with van der Waals surface area (Å²) < 4.78 is 1.50. The Kier molecular flexibility index (Phi) is 5.40. The molecule has 1 saturated carbocycles. The lowest BCUT2D eigenvalue weighted by molar-refractivity contribution is 0.103. The molecule has 1 heterocycles. The predicted molar refractivity (Wildman–Crippen MR) is 110 cm³/mol. The second kappa shape index (κ2) is 8.11. The Hall–Kier alpha value is -2.72. The second-order valence-electron chi connectivity index (χ2n) is 7.26. The molecular formula is C23H21ClN2O2. The van der Waals surface area contributed by atoms with Gasteiger partial charge in [-0.3, -0.25) is 9.59 Å². The molecule has 2 aromatic carbocycles. The molecule has 0 N–H and O–H groups in total. The van der Waals surface area contributed by atoms with Gasteiger partial charge in [0, 0.05) is 16.7 Å². The van der Waals surface area contributed by atoms with Crippen molar-refractivity contribution in [2.45, 2.75) is 37.6 Å². The molecule has 142 valence electrons. The van der Waals surface area contributed by atoms with Crippen molar-refractivity contribution in [1.29, 1.82) is 0 Å². The van der Waals surface area contributed by atoms with E-state index in [1.54, 1.807) is 12.1 Å². The minimum atomic E-state index is -0.165. The highest BCUT2D eigenvalue weighted by Crippen LogP contribution is 2.37.